The predicted molar refractivity (Wildman–Crippen MR) is 164 cm³/mol. The normalized spacial score (nSPS) is 14.3. The minimum Gasteiger partial charge on any atom is -0.377 e. The summed E-state index contributed by atoms with van der Waals surface area (Å²) in [6, 6.07) is 11.9. The van der Waals surface area contributed by atoms with Crippen molar-refractivity contribution < 1.29 is 31.1 Å². The summed E-state index contributed by atoms with van der Waals surface area (Å²) in [5.74, 6) is 0.0702. The monoisotopic (exact) mass is 624 g/mol. The summed E-state index contributed by atoms with van der Waals surface area (Å²) in [5.41, 5.74) is -1.67. The molecule has 3 aromatic rings. The van der Waals surface area contributed by atoms with Crippen molar-refractivity contribution >= 4 is 11.5 Å². The number of nitrogens with zero attached hydrogens (tertiary/aromatic N) is 3. The molecule has 2 unspecified atom stereocenters. The molecule has 1 aromatic heterocycles. The lowest BCUT2D eigenvalue weighted by molar-refractivity contribution is -0.259. The summed E-state index contributed by atoms with van der Waals surface area (Å²) in [6.45, 7) is 6.75. The van der Waals surface area contributed by atoms with Crippen molar-refractivity contribution in [2.75, 3.05) is 31.4 Å². The number of hydrogen-bond acceptors (Lipinski definition) is 5. The summed E-state index contributed by atoms with van der Waals surface area (Å²) in [7, 11) is 4.32. The fourth-order valence-electron chi connectivity index (χ4n) is 5.74. The Hall–Kier alpha value is -3.34. The number of rotatable bonds is 13. The summed E-state index contributed by atoms with van der Waals surface area (Å²) >= 11 is 0. The van der Waals surface area contributed by atoms with Crippen LogP contribution in [0.5, 0.6) is 0 Å². The third-order valence-electron chi connectivity index (χ3n) is 8.14. The van der Waals surface area contributed by atoms with Crippen LogP contribution in [0.4, 0.5) is 37.8 Å². The van der Waals surface area contributed by atoms with Crippen LogP contribution >= 0.6 is 0 Å². The van der Waals surface area contributed by atoms with Gasteiger partial charge in [0, 0.05) is 32.3 Å². The fourth-order valence-corrected chi connectivity index (χ4v) is 5.74. The highest BCUT2D eigenvalue weighted by atomic mass is 19.4. The van der Waals surface area contributed by atoms with E-state index in [1.807, 2.05) is 6.92 Å². The molecule has 11 heteroatoms. The van der Waals surface area contributed by atoms with Crippen LogP contribution in [-0.2, 0) is 23.8 Å². The van der Waals surface area contributed by atoms with E-state index in [2.05, 4.69) is 15.3 Å². The van der Waals surface area contributed by atoms with Gasteiger partial charge in [0.1, 0.15) is 17.5 Å². The minimum absolute atomic E-state index is 0.0152. The molecule has 0 saturated carbocycles. The molecule has 3 rings (SSSR count). The van der Waals surface area contributed by atoms with Crippen LogP contribution in [0.25, 0.3) is 22.4 Å². The van der Waals surface area contributed by atoms with Crippen molar-refractivity contribution in [3.63, 3.8) is 0 Å². The smallest absolute Gasteiger partial charge is 0.377 e. The Bertz CT molecular complexity index is 1390. The van der Waals surface area contributed by atoms with Gasteiger partial charge in [0.25, 0.3) is 0 Å². The van der Waals surface area contributed by atoms with Crippen molar-refractivity contribution in [2.45, 2.75) is 84.8 Å². The van der Waals surface area contributed by atoms with Gasteiger partial charge in [-0.05, 0) is 31.2 Å². The number of halogens is 6. The Kier molecular flexibility index (Phi) is 11.3. The molecule has 0 saturated heterocycles. The lowest BCUT2D eigenvalue weighted by Crippen LogP contribution is -2.52. The van der Waals surface area contributed by atoms with Gasteiger partial charge < -0.3 is 15.0 Å². The Morgan fingerprint density at radius 3 is 1.93 bits per heavy atom. The lowest BCUT2D eigenvalue weighted by Gasteiger charge is -2.41. The average Bonchev–Trinajstić information content (AvgIpc) is 2.99. The van der Waals surface area contributed by atoms with Gasteiger partial charge in [0.15, 0.2) is 0 Å². The van der Waals surface area contributed by atoms with Gasteiger partial charge in [-0.1, -0.05) is 83.0 Å². The molecule has 5 nitrogen and oxygen atoms in total. The summed E-state index contributed by atoms with van der Waals surface area (Å²) in [4.78, 5) is 10.7. The van der Waals surface area contributed by atoms with Crippen LogP contribution in [-0.4, -0.2) is 43.6 Å². The van der Waals surface area contributed by atoms with Crippen molar-refractivity contribution in [1.29, 1.82) is 0 Å². The molecule has 0 aliphatic carbocycles. The molecule has 242 valence electrons. The fraction of sp³-hybridized carbons (Fsp3) is 0.515. The zero-order valence-electron chi connectivity index (χ0n) is 26.4. The number of ether oxygens (including phenoxy) is 1. The maximum atomic E-state index is 14.9. The molecule has 1 heterocycles. The van der Waals surface area contributed by atoms with Gasteiger partial charge in [0.2, 0.25) is 0 Å². The second-order valence-electron chi connectivity index (χ2n) is 11.0. The number of alkyl halides is 6. The van der Waals surface area contributed by atoms with E-state index in [0.717, 1.165) is 0 Å². The number of benzene rings is 2. The minimum atomic E-state index is -4.75. The number of aromatic nitrogens is 2. The summed E-state index contributed by atoms with van der Waals surface area (Å²) < 4.78 is 94.0. The zero-order valence-corrected chi connectivity index (χ0v) is 26.4. The standard InChI is InChI=1S/C33H42F6N4O/c1-8-12-20-31(11-4,33(37,38)39)30(44-7)42-29-25(10-3)40-27(24(9-2)41-29)23-19-18-22(21-16-14-13-15-17-21)28(43(5)6)26(23)32(34,35)36/h13-19,30H,8-12,20H2,1-7H3,(H,41,42). The van der Waals surface area contributed by atoms with E-state index in [0.29, 0.717) is 24.0 Å². The Morgan fingerprint density at radius 2 is 1.45 bits per heavy atom. The Labute approximate surface area is 256 Å². The molecule has 0 aliphatic heterocycles. The van der Waals surface area contributed by atoms with E-state index in [4.69, 9.17) is 4.74 Å². The van der Waals surface area contributed by atoms with Crippen molar-refractivity contribution in [2.24, 2.45) is 5.41 Å². The molecule has 0 fully saturated rings. The van der Waals surface area contributed by atoms with Crippen LogP contribution < -0.4 is 10.2 Å². The SMILES string of the molecule is CCCCC(CC)(C(Nc1nc(CC)c(-c2ccc(-c3ccccc3)c(N(C)C)c2C(F)(F)F)nc1CC)OC)C(F)(F)F. The molecule has 44 heavy (non-hydrogen) atoms. The number of unbranched alkanes of at least 4 members (excludes halogenated alkanes) is 1. The molecular formula is C33H42F6N4O. The predicted octanol–water partition coefficient (Wildman–Crippen LogP) is 9.55. The van der Waals surface area contributed by atoms with Gasteiger partial charge in [0.05, 0.1) is 28.3 Å². The summed E-state index contributed by atoms with van der Waals surface area (Å²) in [6.07, 6.45) is -9.87. The van der Waals surface area contributed by atoms with Gasteiger partial charge in [-0.2, -0.15) is 26.3 Å². The third-order valence-corrected chi connectivity index (χ3v) is 8.14. The highest BCUT2D eigenvalue weighted by molar-refractivity contribution is 5.87. The van der Waals surface area contributed by atoms with Crippen LogP contribution in [0.1, 0.15) is 70.3 Å². The number of hydrogen-bond donors (Lipinski definition) is 1. The summed E-state index contributed by atoms with van der Waals surface area (Å²) in [5, 5.41) is 2.87. The first-order chi connectivity index (χ1) is 20.7. The number of nitrogens with one attached hydrogen (secondary N) is 1. The molecule has 0 aliphatic rings. The Morgan fingerprint density at radius 1 is 0.841 bits per heavy atom. The van der Waals surface area contributed by atoms with Crippen LogP contribution in [0.15, 0.2) is 42.5 Å². The van der Waals surface area contributed by atoms with Crippen molar-refractivity contribution in [3.05, 3.63) is 59.4 Å². The van der Waals surface area contributed by atoms with E-state index < -0.39 is 29.6 Å². The first-order valence-electron chi connectivity index (χ1n) is 14.9. The zero-order chi connectivity index (χ0) is 32.9. The first-order valence-corrected chi connectivity index (χ1v) is 14.9. The van der Waals surface area contributed by atoms with E-state index >= 15 is 0 Å². The molecule has 0 bridgehead atoms. The van der Waals surface area contributed by atoms with Crippen molar-refractivity contribution in [3.8, 4) is 22.4 Å². The highest BCUT2D eigenvalue weighted by Crippen LogP contribution is 2.50. The molecule has 2 aromatic carbocycles. The van der Waals surface area contributed by atoms with Crippen molar-refractivity contribution in [1.82, 2.24) is 9.97 Å². The molecule has 0 amide bonds. The van der Waals surface area contributed by atoms with Gasteiger partial charge in [-0.15, -0.1) is 0 Å². The average molecular weight is 625 g/mol. The number of methoxy groups -OCH3 is 1. The van der Waals surface area contributed by atoms with Gasteiger partial charge >= 0.3 is 12.4 Å². The van der Waals surface area contributed by atoms with E-state index in [9.17, 15) is 26.3 Å². The van der Waals surface area contributed by atoms with E-state index in [1.54, 1.807) is 64.3 Å². The molecule has 0 radical (unpaired) electrons. The second kappa shape index (κ2) is 14.2. The maximum absolute atomic E-state index is 14.9. The van der Waals surface area contributed by atoms with Crippen LogP contribution in [0, 0.1) is 5.41 Å². The third kappa shape index (κ3) is 6.98. The van der Waals surface area contributed by atoms with Crippen LogP contribution in [0.3, 0.4) is 0 Å². The quantitative estimate of drug-likeness (QED) is 0.152. The van der Waals surface area contributed by atoms with Gasteiger partial charge in [-0.25, -0.2) is 9.97 Å². The van der Waals surface area contributed by atoms with Gasteiger partial charge in [-0.3, -0.25) is 0 Å². The Balaban J connectivity index is 2.28. The maximum Gasteiger partial charge on any atom is 0.419 e. The highest BCUT2D eigenvalue weighted by Gasteiger charge is 2.58. The lowest BCUT2D eigenvalue weighted by atomic mass is 9.77. The molecule has 2 atom stereocenters. The number of anilines is 2. The van der Waals surface area contributed by atoms with E-state index in [-0.39, 0.29) is 59.8 Å². The molecule has 1 N–H and O–H groups in total. The largest absolute Gasteiger partial charge is 0.419 e. The molecular weight excluding hydrogens is 582 g/mol. The first kappa shape index (κ1) is 35.1. The second-order valence-corrected chi connectivity index (χ2v) is 11.0. The molecule has 0 spiro atoms. The number of aryl methyl sites for hydroxylation is 2. The van der Waals surface area contributed by atoms with Crippen LogP contribution in [0.2, 0.25) is 0 Å². The van der Waals surface area contributed by atoms with E-state index in [1.165, 1.54) is 25.0 Å². The topological polar surface area (TPSA) is 50.3 Å².